The van der Waals surface area contributed by atoms with E-state index in [2.05, 4.69) is 10.5 Å². The molecular formula is C17H18N2O3. The van der Waals surface area contributed by atoms with Gasteiger partial charge in [-0.25, -0.2) is 5.43 Å². The molecule has 0 bridgehead atoms. The normalized spacial score (nSPS) is 11.2. The van der Waals surface area contributed by atoms with Gasteiger partial charge in [-0.3, -0.25) is 4.79 Å². The van der Waals surface area contributed by atoms with Gasteiger partial charge in [-0.15, -0.1) is 0 Å². The predicted molar refractivity (Wildman–Crippen MR) is 86.2 cm³/mol. The lowest BCUT2D eigenvalue weighted by Crippen LogP contribution is -2.17. The average Bonchev–Trinajstić information content (AvgIpc) is 2.86. The second kappa shape index (κ2) is 7.26. The van der Waals surface area contributed by atoms with Gasteiger partial charge < -0.3 is 9.15 Å². The van der Waals surface area contributed by atoms with Gasteiger partial charge in [-0.2, -0.15) is 5.10 Å². The highest BCUT2D eigenvalue weighted by molar-refractivity contribution is 5.95. The Labute approximate surface area is 129 Å². The van der Waals surface area contributed by atoms with Crippen LogP contribution in [0.5, 0.6) is 5.75 Å². The van der Waals surface area contributed by atoms with E-state index in [-0.39, 0.29) is 5.91 Å². The van der Waals surface area contributed by atoms with Crippen molar-refractivity contribution in [3.63, 3.8) is 0 Å². The number of nitrogens with one attached hydrogen (secondary N) is 1. The molecule has 0 unspecified atom stereocenters. The van der Waals surface area contributed by atoms with Crippen LogP contribution in [0.4, 0.5) is 0 Å². The van der Waals surface area contributed by atoms with E-state index in [9.17, 15) is 4.79 Å². The summed E-state index contributed by atoms with van der Waals surface area (Å²) in [5.74, 6) is 1.76. The molecule has 0 aliphatic carbocycles. The summed E-state index contributed by atoms with van der Waals surface area (Å²) < 4.78 is 10.5. The summed E-state index contributed by atoms with van der Waals surface area (Å²) in [6.07, 6.45) is 5.08. The average molecular weight is 298 g/mol. The first-order valence-electron chi connectivity index (χ1n) is 6.82. The highest BCUT2D eigenvalue weighted by Gasteiger charge is 2.12. The summed E-state index contributed by atoms with van der Waals surface area (Å²) in [4.78, 5) is 11.9. The number of para-hydroxylation sites is 1. The maximum Gasteiger partial charge on any atom is 0.274 e. The van der Waals surface area contributed by atoms with Crippen LogP contribution in [0.1, 0.15) is 27.4 Å². The molecule has 5 nitrogen and oxygen atoms in total. The maximum absolute atomic E-state index is 11.9. The second-order valence-electron chi connectivity index (χ2n) is 4.65. The molecule has 0 aliphatic rings. The fraction of sp³-hybridized carbons (Fsp3) is 0.176. The van der Waals surface area contributed by atoms with Crippen molar-refractivity contribution >= 4 is 18.2 Å². The third-order valence-corrected chi connectivity index (χ3v) is 3.03. The highest BCUT2D eigenvalue weighted by Crippen LogP contribution is 2.18. The van der Waals surface area contributed by atoms with Gasteiger partial charge in [-0.1, -0.05) is 18.2 Å². The summed E-state index contributed by atoms with van der Waals surface area (Å²) in [6.45, 7) is 3.54. The van der Waals surface area contributed by atoms with E-state index < -0.39 is 0 Å². The lowest BCUT2D eigenvalue weighted by Gasteiger charge is -2.02. The molecule has 1 amide bonds. The Kier molecular flexibility index (Phi) is 5.14. The van der Waals surface area contributed by atoms with Gasteiger partial charge >= 0.3 is 0 Å². The second-order valence-corrected chi connectivity index (χ2v) is 4.65. The number of furan rings is 1. The Hall–Kier alpha value is -2.82. The quantitative estimate of drug-likeness (QED) is 0.680. The van der Waals surface area contributed by atoms with Crippen LogP contribution in [0.3, 0.4) is 0 Å². The van der Waals surface area contributed by atoms with Crippen molar-refractivity contribution < 1.29 is 13.9 Å². The molecule has 0 fully saturated rings. The Morgan fingerprint density at radius 3 is 2.77 bits per heavy atom. The molecule has 1 heterocycles. The van der Waals surface area contributed by atoms with Crippen LogP contribution in [-0.4, -0.2) is 19.2 Å². The topological polar surface area (TPSA) is 63.8 Å². The molecule has 1 aromatic carbocycles. The summed E-state index contributed by atoms with van der Waals surface area (Å²) in [7, 11) is 1.62. The number of carbonyl (C=O) groups excluding carboxylic acids is 1. The summed E-state index contributed by atoms with van der Waals surface area (Å²) in [6, 6.07) is 9.32. The van der Waals surface area contributed by atoms with E-state index in [0.717, 1.165) is 11.3 Å². The molecule has 0 spiro atoms. The molecule has 1 N–H and O–H groups in total. The number of hydrogen-bond acceptors (Lipinski definition) is 4. The summed E-state index contributed by atoms with van der Waals surface area (Å²) in [5, 5.41) is 3.87. The van der Waals surface area contributed by atoms with E-state index in [1.54, 1.807) is 33.1 Å². The number of hydrogen-bond donors (Lipinski definition) is 1. The van der Waals surface area contributed by atoms with Gasteiger partial charge in [0.15, 0.2) is 0 Å². The number of methoxy groups -OCH3 is 1. The monoisotopic (exact) mass is 298 g/mol. The van der Waals surface area contributed by atoms with Crippen molar-refractivity contribution in [2.45, 2.75) is 13.8 Å². The van der Waals surface area contributed by atoms with Crippen molar-refractivity contribution in [2.75, 3.05) is 7.11 Å². The molecule has 0 atom stereocenters. The van der Waals surface area contributed by atoms with Gasteiger partial charge in [0.2, 0.25) is 0 Å². The Morgan fingerprint density at radius 1 is 1.32 bits per heavy atom. The number of hydrazone groups is 1. The number of amides is 1. The first-order valence-corrected chi connectivity index (χ1v) is 6.82. The van der Waals surface area contributed by atoms with E-state index in [4.69, 9.17) is 9.15 Å². The minimum Gasteiger partial charge on any atom is -0.496 e. The van der Waals surface area contributed by atoms with Gasteiger partial charge in [0.05, 0.1) is 12.7 Å². The van der Waals surface area contributed by atoms with Crippen LogP contribution in [0.2, 0.25) is 0 Å². The molecule has 114 valence electrons. The standard InChI is InChI=1S/C17H18N2O3/c1-12-11-15(13(2)22-12)17(20)19-18-10-6-8-14-7-4-5-9-16(14)21-3/h4-11H,1-3H3,(H,19,20)/b8-6+,18-10-. The van der Waals surface area contributed by atoms with Crippen molar-refractivity contribution in [1.82, 2.24) is 5.43 Å². The van der Waals surface area contributed by atoms with Crippen molar-refractivity contribution in [1.29, 1.82) is 0 Å². The fourth-order valence-corrected chi connectivity index (χ4v) is 2.01. The van der Waals surface area contributed by atoms with E-state index in [1.807, 2.05) is 30.3 Å². The van der Waals surface area contributed by atoms with Crippen LogP contribution >= 0.6 is 0 Å². The van der Waals surface area contributed by atoms with Crippen LogP contribution in [0.15, 0.2) is 45.9 Å². The molecule has 0 saturated carbocycles. The molecule has 2 aromatic rings. The van der Waals surface area contributed by atoms with Crippen molar-refractivity contribution in [3.8, 4) is 5.75 Å². The number of carbonyl (C=O) groups is 1. The minimum atomic E-state index is -0.295. The third-order valence-electron chi connectivity index (χ3n) is 3.03. The van der Waals surface area contributed by atoms with E-state index in [1.165, 1.54) is 6.21 Å². The Balaban J connectivity index is 1.94. The largest absolute Gasteiger partial charge is 0.496 e. The SMILES string of the molecule is COc1ccccc1/C=C/C=N\NC(=O)c1cc(C)oc1C. The number of benzene rings is 1. The third kappa shape index (κ3) is 3.85. The molecule has 2 rings (SSSR count). The minimum absolute atomic E-state index is 0.295. The van der Waals surface area contributed by atoms with E-state index >= 15 is 0 Å². The van der Waals surface area contributed by atoms with Gasteiger partial charge in [-0.05, 0) is 38.1 Å². The first-order chi connectivity index (χ1) is 10.6. The first kappa shape index (κ1) is 15.6. The Bertz CT molecular complexity index is 714. The molecule has 0 radical (unpaired) electrons. The van der Waals surface area contributed by atoms with Crippen LogP contribution < -0.4 is 10.2 Å². The van der Waals surface area contributed by atoms with Crippen LogP contribution in [0, 0.1) is 13.8 Å². The molecule has 5 heteroatoms. The van der Waals surface area contributed by atoms with Gasteiger partial charge in [0.1, 0.15) is 17.3 Å². The summed E-state index contributed by atoms with van der Waals surface area (Å²) >= 11 is 0. The number of aryl methyl sites for hydroxylation is 2. The maximum atomic E-state index is 11.9. The lowest BCUT2D eigenvalue weighted by atomic mass is 10.2. The zero-order chi connectivity index (χ0) is 15.9. The fourth-order valence-electron chi connectivity index (χ4n) is 2.01. The number of rotatable bonds is 5. The van der Waals surface area contributed by atoms with Gasteiger partial charge in [0, 0.05) is 11.8 Å². The zero-order valence-electron chi connectivity index (χ0n) is 12.8. The molecule has 22 heavy (non-hydrogen) atoms. The van der Waals surface area contributed by atoms with Crippen LogP contribution in [0.25, 0.3) is 6.08 Å². The smallest absolute Gasteiger partial charge is 0.274 e. The molecular weight excluding hydrogens is 280 g/mol. The number of allylic oxidation sites excluding steroid dienone is 1. The predicted octanol–water partition coefficient (Wildman–Crippen LogP) is 3.33. The number of nitrogens with zero attached hydrogens (tertiary/aromatic N) is 1. The summed E-state index contributed by atoms with van der Waals surface area (Å²) in [5.41, 5.74) is 3.88. The molecule has 0 aliphatic heterocycles. The van der Waals surface area contributed by atoms with Crippen molar-refractivity contribution in [3.05, 3.63) is 59.1 Å². The van der Waals surface area contributed by atoms with Gasteiger partial charge in [0.25, 0.3) is 5.91 Å². The Morgan fingerprint density at radius 2 is 2.09 bits per heavy atom. The highest BCUT2D eigenvalue weighted by atomic mass is 16.5. The molecule has 0 saturated heterocycles. The van der Waals surface area contributed by atoms with Crippen LogP contribution in [-0.2, 0) is 0 Å². The molecule has 1 aromatic heterocycles. The number of ether oxygens (including phenoxy) is 1. The lowest BCUT2D eigenvalue weighted by molar-refractivity contribution is 0.0953. The zero-order valence-corrected chi connectivity index (χ0v) is 12.8. The van der Waals surface area contributed by atoms with Crippen molar-refractivity contribution in [2.24, 2.45) is 5.10 Å². The van der Waals surface area contributed by atoms with E-state index in [0.29, 0.717) is 17.1 Å².